The van der Waals surface area contributed by atoms with E-state index in [4.69, 9.17) is 4.98 Å². The molecule has 1 saturated heterocycles. The Morgan fingerprint density at radius 2 is 1.85 bits per heavy atom. The van der Waals surface area contributed by atoms with E-state index in [2.05, 4.69) is 50.1 Å². The lowest BCUT2D eigenvalue weighted by atomic mass is 9.89. The van der Waals surface area contributed by atoms with Gasteiger partial charge in [0.05, 0.1) is 28.9 Å². The number of aryl methyl sites for hydroxylation is 1. The van der Waals surface area contributed by atoms with Crippen LogP contribution < -0.4 is 5.32 Å². The summed E-state index contributed by atoms with van der Waals surface area (Å²) in [5, 5.41) is 17.1. The standard InChI is InChI=1S/C29H34FN7O2/c1-35-13-10-18(11-14-35)19-3-8-25-24(15-19)33-29(37(25)21-4-6-22(38)7-5-21)34-28(39)23-9-12-31-27(26(23)30)20-16-32-36(2)17-20/h3,8-9,12,15-18,21-22,38H,4-7,10-11,13-14H2,1-2H3,(H,33,34,39)/t21-,22+. The molecule has 6 rings (SSSR count). The van der Waals surface area contributed by atoms with Gasteiger partial charge in [0.1, 0.15) is 5.69 Å². The molecule has 4 heterocycles. The van der Waals surface area contributed by atoms with Crippen molar-refractivity contribution in [3.05, 3.63) is 59.8 Å². The molecule has 0 spiro atoms. The number of hydrogen-bond acceptors (Lipinski definition) is 6. The fraction of sp³-hybridized carbons (Fsp3) is 0.448. The zero-order valence-corrected chi connectivity index (χ0v) is 22.3. The summed E-state index contributed by atoms with van der Waals surface area (Å²) in [5.74, 6) is -0.398. The smallest absolute Gasteiger partial charge is 0.261 e. The van der Waals surface area contributed by atoms with Gasteiger partial charge in [0.2, 0.25) is 5.95 Å². The molecule has 2 fully saturated rings. The molecule has 1 saturated carbocycles. The predicted molar refractivity (Wildman–Crippen MR) is 147 cm³/mol. The molecular formula is C29H34FN7O2. The lowest BCUT2D eigenvalue weighted by molar-refractivity contribution is 0.101. The number of anilines is 1. The van der Waals surface area contributed by atoms with Gasteiger partial charge in [-0.15, -0.1) is 0 Å². The Morgan fingerprint density at radius 1 is 1.08 bits per heavy atom. The number of carbonyl (C=O) groups excluding carboxylic acids is 1. The number of nitrogens with zero attached hydrogens (tertiary/aromatic N) is 6. The molecule has 3 aromatic heterocycles. The number of rotatable bonds is 5. The molecule has 1 aliphatic heterocycles. The van der Waals surface area contributed by atoms with Crippen LogP contribution in [0.5, 0.6) is 0 Å². The summed E-state index contributed by atoms with van der Waals surface area (Å²) in [5.41, 5.74) is 3.49. The van der Waals surface area contributed by atoms with Crippen LogP contribution in [-0.4, -0.2) is 66.5 Å². The van der Waals surface area contributed by atoms with Crippen molar-refractivity contribution in [1.82, 2.24) is 29.2 Å². The summed E-state index contributed by atoms with van der Waals surface area (Å²) in [4.78, 5) is 24.8. The number of piperidine rings is 1. The van der Waals surface area contributed by atoms with Gasteiger partial charge in [0.25, 0.3) is 5.91 Å². The number of amides is 1. The van der Waals surface area contributed by atoms with Crippen LogP contribution in [0.15, 0.2) is 42.9 Å². The Bertz CT molecular complexity index is 1500. The average molecular weight is 532 g/mol. The number of hydrogen-bond donors (Lipinski definition) is 2. The third-order valence-corrected chi connectivity index (χ3v) is 8.27. The van der Waals surface area contributed by atoms with Crippen LogP contribution in [0.4, 0.5) is 10.3 Å². The Kier molecular flexibility index (Phi) is 6.90. The molecule has 1 aliphatic carbocycles. The van der Waals surface area contributed by atoms with Crippen molar-refractivity contribution >= 4 is 22.9 Å². The molecule has 0 bridgehead atoms. The van der Waals surface area contributed by atoms with E-state index in [0.29, 0.717) is 30.3 Å². The number of aromatic nitrogens is 5. The van der Waals surface area contributed by atoms with E-state index >= 15 is 4.39 Å². The first-order valence-corrected chi connectivity index (χ1v) is 13.7. The molecule has 39 heavy (non-hydrogen) atoms. The number of likely N-dealkylation sites (tertiary alicyclic amines) is 1. The van der Waals surface area contributed by atoms with Crippen molar-refractivity contribution < 1.29 is 14.3 Å². The summed E-state index contributed by atoms with van der Waals surface area (Å²) < 4.78 is 19.1. The van der Waals surface area contributed by atoms with E-state index in [1.807, 2.05) is 0 Å². The number of carbonyl (C=O) groups is 1. The monoisotopic (exact) mass is 531 g/mol. The van der Waals surface area contributed by atoms with E-state index in [1.165, 1.54) is 24.0 Å². The van der Waals surface area contributed by atoms with Gasteiger partial charge in [0, 0.05) is 31.0 Å². The molecular weight excluding hydrogens is 497 g/mol. The number of benzene rings is 1. The molecule has 2 aliphatic rings. The zero-order chi connectivity index (χ0) is 27.1. The van der Waals surface area contributed by atoms with Gasteiger partial charge >= 0.3 is 0 Å². The second kappa shape index (κ2) is 10.5. The molecule has 1 aromatic carbocycles. The highest BCUT2D eigenvalue weighted by atomic mass is 19.1. The largest absolute Gasteiger partial charge is 0.393 e. The maximum atomic E-state index is 15.5. The Balaban J connectivity index is 1.35. The molecule has 1 amide bonds. The molecule has 0 radical (unpaired) electrons. The van der Waals surface area contributed by atoms with E-state index in [9.17, 15) is 9.90 Å². The zero-order valence-electron chi connectivity index (χ0n) is 22.3. The number of halogens is 1. The van der Waals surface area contributed by atoms with Crippen LogP contribution in [0.2, 0.25) is 0 Å². The first-order valence-electron chi connectivity index (χ1n) is 13.7. The van der Waals surface area contributed by atoms with Crippen molar-refractivity contribution in [3.63, 3.8) is 0 Å². The number of aliphatic hydroxyl groups excluding tert-OH is 1. The molecule has 9 nitrogen and oxygen atoms in total. The van der Waals surface area contributed by atoms with Crippen LogP contribution in [-0.2, 0) is 7.05 Å². The molecule has 204 valence electrons. The highest BCUT2D eigenvalue weighted by Crippen LogP contribution is 2.37. The van der Waals surface area contributed by atoms with Gasteiger partial charge in [-0.2, -0.15) is 5.10 Å². The number of imidazole rings is 1. The predicted octanol–water partition coefficient (Wildman–Crippen LogP) is 4.51. The van der Waals surface area contributed by atoms with Gasteiger partial charge in [-0.25, -0.2) is 9.37 Å². The topological polar surface area (TPSA) is 101 Å². The van der Waals surface area contributed by atoms with Crippen molar-refractivity contribution in [2.45, 2.75) is 56.6 Å². The van der Waals surface area contributed by atoms with E-state index in [-0.39, 0.29) is 23.4 Å². The van der Waals surface area contributed by atoms with Gasteiger partial charge < -0.3 is 14.6 Å². The molecule has 2 N–H and O–H groups in total. The highest BCUT2D eigenvalue weighted by molar-refractivity contribution is 6.05. The van der Waals surface area contributed by atoms with Crippen LogP contribution in [0.3, 0.4) is 0 Å². The van der Waals surface area contributed by atoms with Crippen molar-refractivity contribution in [1.29, 1.82) is 0 Å². The number of pyridine rings is 1. The average Bonchev–Trinajstić information content (AvgIpc) is 3.52. The maximum absolute atomic E-state index is 15.5. The summed E-state index contributed by atoms with van der Waals surface area (Å²) >= 11 is 0. The minimum Gasteiger partial charge on any atom is -0.393 e. The Morgan fingerprint density at radius 3 is 2.56 bits per heavy atom. The summed E-state index contributed by atoms with van der Waals surface area (Å²) in [6.07, 6.45) is 9.46. The quantitative estimate of drug-likeness (QED) is 0.393. The SMILES string of the molecule is CN1CCC(c2ccc3c(c2)nc(NC(=O)c2ccnc(-c4cnn(C)c4)c2F)n3[C@H]2CC[C@@H](O)CC2)CC1. The molecule has 0 unspecified atom stereocenters. The minimum atomic E-state index is -0.698. The first kappa shape index (κ1) is 25.6. The van der Waals surface area contributed by atoms with Crippen LogP contribution in [0, 0.1) is 5.82 Å². The second-order valence-corrected chi connectivity index (χ2v) is 11.0. The van der Waals surface area contributed by atoms with Crippen molar-refractivity contribution in [3.8, 4) is 11.3 Å². The Labute approximate surface area is 226 Å². The third-order valence-electron chi connectivity index (χ3n) is 8.27. The van der Waals surface area contributed by atoms with Crippen LogP contribution in [0.25, 0.3) is 22.3 Å². The first-order chi connectivity index (χ1) is 18.9. The highest BCUT2D eigenvalue weighted by Gasteiger charge is 2.28. The summed E-state index contributed by atoms with van der Waals surface area (Å²) in [6.45, 7) is 2.14. The molecule has 0 atom stereocenters. The van der Waals surface area contributed by atoms with Gasteiger partial charge in [-0.05, 0) is 88.3 Å². The summed E-state index contributed by atoms with van der Waals surface area (Å²) in [6, 6.07) is 7.89. The molecule has 10 heteroatoms. The number of nitrogens with one attached hydrogen (secondary N) is 1. The Hall–Kier alpha value is -3.63. The van der Waals surface area contributed by atoms with Gasteiger partial charge in [-0.1, -0.05) is 6.07 Å². The fourth-order valence-corrected chi connectivity index (χ4v) is 6.02. The van der Waals surface area contributed by atoms with Crippen LogP contribution in [0.1, 0.15) is 66.4 Å². The van der Waals surface area contributed by atoms with E-state index < -0.39 is 11.7 Å². The number of fused-ring (bicyclic) bond motifs is 1. The third kappa shape index (κ3) is 5.06. The molecule has 4 aromatic rings. The van der Waals surface area contributed by atoms with E-state index in [0.717, 1.165) is 49.8 Å². The number of aliphatic hydroxyl groups is 1. The summed E-state index contributed by atoms with van der Waals surface area (Å²) in [7, 11) is 3.90. The lowest BCUT2D eigenvalue weighted by Gasteiger charge is -2.29. The van der Waals surface area contributed by atoms with Gasteiger partial charge in [0.15, 0.2) is 5.82 Å². The lowest BCUT2D eigenvalue weighted by Crippen LogP contribution is -2.29. The maximum Gasteiger partial charge on any atom is 0.261 e. The van der Waals surface area contributed by atoms with Crippen molar-refractivity contribution in [2.24, 2.45) is 7.05 Å². The van der Waals surface area contributed by atoms with Crippen molar-refractivity contribution in [2.75, 3.05) is 25.5 Å². The van der Waals surface area contributed by atoms with Gasteiger partial charge in [-0.3, -0.25) is 19.8 Å². The minimum absolute atomic E-state index is 0.0771. The van der Waals surface area contributed by atoms with Crippen LogP contribution >= 0.6 is 0 Å². The normalized spacial score (nSPS) is 20.9. The van der Waals surface area contributed by atoms with E-state index in [1.54, 1.807) is 17.9 Å². The fourth-order valence-electron chi connectivity index (χ4n) is 6.02. The second-order valence-electron chi connectivity index (χ2n) is 11.0.